The summed E-state index contributed by atoms with van der Waals surface area (Å²) < 4.78 is 16.0. The molecule has 4 rings (SSSR count). The first kappa shape index (κ1) is 24.3. The van der Waals surface area contributed by atoms with E-state index in [0.717, 1.165) is 22.9 Å². The van der Waals surface area contributed by atoms with Crippen LogP contribution >= 0.6 is 35.0 Å². The second kappa shape index (κ2) is 10.6. The predicted molar refractivity (Wildman–Crippen MR) is 137 cm³/mol. The molecule has 0 aliphatic heterocycles. The first-order valence-electron chi connectivity index (χ1n) is 10.5. The number of hydrogen-bond acceptors (Lipinski definition) is 4. The number of carbonyl (C=O) groups excluding carboxylic acids is 1. The predicted octanol–water partition coefficient (Wildman–Crippen LogP) is 7.23. The molecule has 1 N–H and O–H groups in total. The molecule has 0 fully saturated rings. The summed E-state index contributed by atoms with van der Waals surface area (Å²) in [5.74, 6) is -0.0528. The lowest BCUT2D eigenvalue weighted by molar-refractivity contribution is -0.113. The largest absolute Gasteiger partial charge is 0.323 e. The third kappa shape index (κ3) is 5.43. The van der Waals surface area contributed by atoms with Gasteiger partial charge in [-0.2, -0.15) is 0 Å². The molecular formula is C25H21Cl2FN4OS. The Morgan fingerprint density at radius 2 is 1.74 bits per heavy atom. The van der Waals surface area contributed by atoms with Crippen molar-refractivity contribution in [1.82, 2.24) is 14.8 Å². The number of para-hydroxylation sites is 1. The quantitative estimate of drug-likeness (QED) is 0.264. The second-order valence-electron chi connectivity index (χ2n) is 7.82. The summed E-state index contributed by atoms with van der Waals surface area (Å²) in [7, 11) is 0. The number of nitrogens with one attached hydrogen (secondary N) is 1. The summed E-state index contributed by atoms with van der Waals surface area (Å²) in [6.45, 7) is 4.23. The molecular weight excluding hydrogens is 494 g/mol. The molecule has 0 aliphatic rings. The van der Waals surface area contributed by atoms with E-state index in [4.69, 9.17) is 23.2 Å². The van der Waals surface area contributed by atoms with Crippen LogP contribution in [-0.2, 0) is 4.79 Å². The van der Waals surface area contributed by atoms with Crippen molar-refractivity contribution in [3.8, 4) is 17.1 Å². The van der Waals surface area contributed by atoms with Crippen LogP contribution in [0.2, 0.25) is 10.0 Å². The number of thioether (sulfide) groups is 1. The number of amides is 1. The van der Waals surface area contributed by atoms with E-state index >= 15 is 0 Å². The molecule has 0 spiro atoms. The number of benzene rings is 3. The number of hydrogen-bond donors (Lipinski definition) is 1. The van der Waals surface area contributed by atoms with Gasteiger partial charge in [0.1, 0.15) is 5.82 Å². The lowest BCUT2D eigenvalue weighted by Gasteiger charge is -2.17. The minimum atomic E-state index is -0.593. The van der Waals surface area contributed by atoms with Crippen LogP contribution < -0.4 is 5.32 Å². The summed E-state index contributed by atoms with van der Waals surface area (Å²) in [5.41, 5.74) is 2.96. The van der Waals surface area contributed by atoms with E-state index in [-0.39, 0.29) is 28.3 Å². The molecule has 0 radical (unpaired) electrons. The van der Waals surface area contributed by atoms with E-state index in [2.05, 4.69) is 35.4 Å². The van der Waals surface area contributed by atoms with Gasteiger partial charge in [0.05, 0.1) is 17.1 Å². The minimum absolute atomic E-state index is 0.0185. The van der Waals surface area contributed by atoms with Gasteiger partial charge in [0.15, 0.2) is 11.0 Å². The Bertz CT molecular complexity index is 1330. The van der Waals surface area contributed by atoms with Gasteiger partial charge in [-0.3, -0.25) is 9.36 Å². The van der Waals surface area contributed by atoms with Gasteiger partial charge in [-0.25, -0.2) is 4.39 Å². The molecule has 1 heterocycles. The van der Waals surface area contributed by atoms with E-state index < -0.39 is 5.82 Å². The van der Waals surface area contributed by atoms with E-state index in [1.807, 2.05) is 34.9 Å². The molecule has 0 saturated carbocycles. The van der Waals surface area contributed by atoms with Crippen molar-refractivity contribution in [2.45, 2.75) is 24.9 Å². The maximum atomic E-state index is 14.1. The zero-order valence-corrected chi connectivity index (χ0v) is 20.8. The van der Waals surface area contributed by atoms with Gasteiger partial charge in [-0.1, -0.05) is 67.0 Å². The van der Waals surface area contributed by atoms with Crippen LogP contribution in [0.5, 0.6) is 0 Å². The summed E-state index contributed by atoms with van der Waals surface area (Å²) in [5, 5.41) is 12.8. The molecule has 1 aromatic heterocycles. The van der Waals surface area contributed by atoms with Crippen molar-refractivity contribution >= 4 is 46.6 Å². The molecule has 174 valence electrons. The van der Waals surface area contributed by atoms with Crippen molar-refractivity contribution in [2.75, 3.05) is 11.1 Å². The van der Waals surface area contributed by atoms with Crippen LogP contribution in [-0.4, -0.2) is 26.4 Å². The van der Waals surface area contributed by atoms with Crippen LogP contribution in [0.4, 0.5) is 10.1 Å². The molecule has 4 aromatic rings. The fourth-order valence-electron chi connectivity index (χ4n) is 3.45. The van der Waals surface area contributed by atoms with Crippen LogP contribution in [0.25, 0.3) is 17.1 Å². The topological polar surface area (TPSA) is 59.8 Å². The highest BCUT2D eigenvalue weighted by molar-refractivity contribution is 7.99. The van der Waals surface area contributed by atoms with Crippen molar-refractivity contribution < 1.29 is 9.18 Å². The highest BCUT2D eigenvalue weighted by atomic mass is 35.5. The van der Waals surface area contributed by atoms with Gasteiger partial charge in [0.2, 0.25) is 5.91 Å². The summed E-state index contributed by atoms with van der Waals surface area (Å²) in [6, 6.07) is 19.5. The Kier molecular flexibility index (Phi) is 7.56. The number of anilines is 1. The number of rotatable bonds is 7. The SMILES string of the molecule is CC(C)c1ccccc1-n1c(SCC(=O)Nc2ccc(Cl)cc2F)nnc1-c1ccc(Cl)cc1. The van der Waals surface area contributed by atoms with Gasteiger partial charge in [0.25, 0.3) is 0 Å². The van der Waals surface area contributed by atoms with E-state index in [0.29, 0.717) is 16.0 Å². The highest BCUT2D eigenvalue weighted by Gasteiger charge is 2.20. The van der Waals surface area contributed by atoms with Gasteiger partial charge in [-0.15, -0.1) is 10.2 Å². The Hall–Kier alpha value is -2.87. The molecule has 0 atom stereocenters. The molecule has 0 bridgehead atoms. The molecule has 1 amide bonds. The second-order valence-corrected chi connectivity index (χ2v) is 9.64. The Balaban J connectivity index is 1.66. The summed E-state index contributed by atoms with van der Waals surface area (Å²) in [6.07, 6.45) is 0. The van der Waals surface area contributed by atoms with Crippen LogP contribution in [0.15, 0.2) is 71.9 Å². The highest BCUT2D eigenvalue weighted by Crippen LogP contribution is 2.32. The van der Waals surface area contributed by atoms with Crippen molar-refractivity contribution in [1.29, 1.82) is 0 Å². The third-order valence-electron chi connectivity index (χ3n) is 5.07. The fourth-order valence-corrected chi connectivity index (χ4v) is 4.48. The lowest BCUT2D eigenvalue weighted by atomic mass is 10.0. The Labute approximate surface area is 211 Å². The van der Waals surface area contributed by atoms with Crippen LogP contribution in [0.3, 0.4) is 0 Å². The number of nitrogens with zero attached hydrogens (tertiary/aromatic N) is 3. The normalized spacial score (nSPS) is 11.1. The first-order valence-corrected chi connectivity index (χ1v) is 12.3. The van der Waals surface area contributed by atoms with Gasteiger partial charge in [-0.05, 0) is 60.0 Å². The van der Waals surface area contributed by atoms with Crippen molar-refractivity contribution in [3.63, 3.8) is 0 Å². The van der Waals surface area contributed by atoms with E-state index in [9.17, 15) is 9.18 Å². The number of aromatic nitrogens is 3. The maximum Gasteiger partial charge on any atom is 0.234 e. The van der Waals surface area contributed by atoms with E-state index in [1.165, 1.54) is 23.9 Å². The zero-order chi connectivity index (χ0) is 24.2. The van der Waals surface area contributed by atoms with Crippen LogP contribution in [0, 0.1) is 5.82 Å². The fraction of sp³-hybridized carbons (Fsp3) is 0.160. The average molecular weight is 515 g/mol. The van der Waals surface area contributed by atoms with Gasteiger partial charge < -0.3 is 5.32 Å². The Morgan fingerprint density at radius 1 is 1.03 bits per heavy atom. The molecule has 0 unspecified atom stereocenters. The first-order chi connectivity index (χ1) is 16.3. The monoisotopic (exact) mass is 514 g/mol. The minimum Gasteiger partial charge on any atom is -0.323 e. The number of halogens is 3. The van der Waals surface area contributed by atoms with Gasteiger partial charge in [0, 0.05) is 15.6 Å². The Morgan fingerprint density at radius 3 is 2.44 bits per heavy atom. The van der Waals surface area contributed by atoms with Crippen molar-refractivity contribution in [3.05, 3.63) is 88.2 Å². The van der Waals surface area contributed by atoms with Crippen molar-refractivity contribution in [2.24, 2.45) is 0 Å². The summed E-state index contributed by atoms with van der Waals surface area (Å²) >= 11 is 13.1. The standard InChI is InChI=1S/C25H21Cl2FN4OS/c1-15(2)19-5-3-4-6-22(19)32-24(16-7-9-17(26)10-8-16)30-31-25(32)34-14-23(33)29-21-12-11-18(27)13-20(21)28/h3-13,15H,14H2,1-2H3,(H,29,33). The van der Waals surface area contributed by atoms with E-state index in [1.54, 1.807) is 12.1 Å². The molecule has 34 heavy (non-hydrogen) atoms. The maximum absolute atomic E-state index is 14.1. The molecule has 0 saturated heterocycles. The van der Waals surface area contributed by atoms with Crippen LogP contribution in [0.1, 0.15) is 25.3 Å². The molecule has 3 aromatic carbocycles. The molecule has 5 nitrogen and oxygen atoms in total. The molecule has 0 aliphatic carbocycles. The third-order valence-corrected chi connectivity index (χ3v) is 6.49. The smallest absolute Gasteiger partial charge is 0.234 e. The molecule has 9 heteroatoms. The number of carbonyl (C=O) groups is 1. The average Bonchev–Trinajstić information content (AvgIpc) is 3.24. The zero-order valence-electron chi connectivity index (χ0n) is 18.4. The lowest BCUT2D eigenvalue weighted by Crippen LogP contribution is -2.15. The van der Waals surface area contributed by atoms with Gasteiger partial charge >= 0.3 is 0 Å². The summed E-state index contributed by atoms with van der Waals surface area (Å²) in [4.78, 5) is 12.6.